The Hall–Kier alpha value is -1.39. The number of likely N-dealkylation sites (N-methyl/N-ethyl adjacent to an activating group) is 1. The second-order valence-corrected chi connectivity index (χ2v) is 4.55. The summed E-state index contributed by atoms with van der Waals surface area (Å²) >= 11 is 0. The number of nitrogens with zero attached hydrogens (tertiary/aromatic N) is 1. The number of rotatable bonds is 6. The van der Waals surface area contributed by atoms with Crippen molar-refractivity contribution in [2.24, 2.45) is 0 Å². The Kier molecular flexibility index (Phi) is 5.82. The van der Waals surface area contributed by atoms with E-state index in [1.165, 1.54) is 5.56 Å². The van der Waals surface area contributed by atoms with Crippen LogP contribution >= 0.6 is 0 Å². The molecule has 0 radical (unpaired) electrons. The number of amides is 1. The van der Waals surface area contributed by atoms with Crippen LogP contribution in [0.5, 0.6) is 0 Å². The predicted molar refractivity (Wildman–Crippen MR) is 73.6 cm³/mol. The van der Waals surface area contributed by atoms with E-state index in [0.717, 1.165) is 12.1 Å². The Balaban J connectivity index is 2.48. The molecule has 1 rings (SSSR count). The van der Waals surface area contributed by atoms with Crippen LogP contribution in [0.3, 0.4) is 0 Å². The van der Waals surface area contributed by atoms with Crippen molar-refractivity contribution in [3.8, 4) is 0 Å². The summed E-state index contributed by atoms with van der Waals surface area (Å²) in [6.45, 7) is 4.30. The van der Waals surface area contributed by atoms with E-state index in [9.17, 15) is 4.79 Å². The topological polar surface area (TPSA) is 52.6 Å². The number of aryl methyl sites for hydroxylation is 1. The molecule has 100 valence electrons. The fraction of sp³-hybridized carbons (Fsp3) is 0.500. The number of hydrogen-bond acceptors (Lipinski definition) is 3. The maximum atomic E-state index is 11.8. The fourth-order valence-electron chi connectivity index (χ4n) is 1.55. The van der Waals surface area contributed by atoms with Crippen LogP contribution in [0.1, 0.15) is 19.4 Å². The van der Waals surface area contributed by atoms with Gasteiger partial charge in [-0.05, 0) is 38.1 Å². The lowest BCUT2D eigenvalue weighted by Gasteiger charge is -2.21. The van der Waals surface area contributed by atoms with Gasteiger partial charge in [-0.3, -0.25) is 9.69 Å². The summed E-state index contributed by atoms with van der Waals surface area (Å²) in [7, 11) is 1.82. The number of carbonyl (C=O) groups is 1. The number of carbonyl (C=O) groups excluding carboxylic acids is 1. The van der Waals surface area contributed by atoms with Crippen LogP contribution in [-0.4, -0.2) is 42.2 Å². The molecule has 2 N–H and O–H groups in total. The summed E-state index contributed by atoms with van der Waals surface area (Å²) in [5.74, 6) is -0.0675. The van der Waals surface area contributed by atoms with E-state index >= 15 is 0 Å². The zero-order chi connectivity index (χ0) is 13.5. The molecule has 0 aliphatic carbocycles. The summed E-state index contributed by atoms with van der Waals surface area (Å²) in [5, 5.41) is 11.8. The molecular formula is C14H22N2O2. The fourth-order valence-corrected chi connectivity index (χ4v) is 1.55. The summed E-state index contributed by atoms with van der Waals surface area (Å²) in [5.41, 5.74) is 2.06. The second-order valence-electron chi connectivity index (χ2n) is 4.55. The highest BCUT2D eigenvalue weighted by molar-refractivity contribution is 5.92. The van der Waals surface area contributed by atoms with Crippen LogP contribution in [0, 0.1) is 0 Å². The molecule has 1 atom stereocenters. The van der Waals surface area contributed by atoms with E-state index in [-0.39, 0.29) is 25.1 Å². The molecule has 0 saturated carbocycles. The largest absolute Gasteiger partial charge is 0.395 e. The van der Waals surface area contributed by atoms with Crippen molar-refractivity contribution in [3.05, 3.63) is 29.8 Å². The molecule has 0 aliphatic heterocycles. The van der Waals surface area contributed by atoms with Gasteiger partial charge in [-0.15, -0.1) is 0 Å². The predicted octanol–water partition coefficient (Wildman–Crippen LogP) is 1.50. The molecule has 0 spiro atoms. The van der Waals surface area contributed by atoms with E-state index < -0.39 is 0 Å². The van der Waals surface area contributed by atoms with Gasteiger partial charge < -0.3 is 10.4 Å². The molecule has 0 aromatic heterocycles. The van der Waals surface area contributed by atoms with E-state index in [1.54, 1.807) is 0 Å². The molecule has 0 heterocycles. The van der Waals surface area contributed by atoms with Gasteiger partial charge in [0.2, 0.25) is 5.91 Å². The molecule has 0 bridgehead atoms. The van der Waals surface area contributed by atoms with Crippen LogP contribution in [0.4, 0.5) is 5.69 Å². The molecule has 0 aliphatic rings. The minimum atomic E-state index is -0.0675. The molecule has 1 aromatic rings. The van der Waals surface area contributed by atoms with Gasteiger partial charge in [0.1, 0.15) is 0 Å². The Morgan fingerprint density at radius 3 is 2.50 bits per heavy atom. The first-order valence-corrected chi connectivity index (χ1v) is 6.26. The molecule has 4 nitrogen and oxygen atoms in total. The maximum absolute atomic E-state index is 11.8. The van der Waals surface area contributed by atoms with Crippen LogP contribution in [0.25, 0.3) is 0 Å². The van der Waals surface area contributed by atoms with Crippen LogP contribution in [0.2, 0.25) is 0 Å². The number of anilines is 1. The molecule has 1 unspecified atom stereocenters. The Morgan fingerprint density at radius 2 is 2.00 bits per heavy atom. The monoisotopic (exact) mass is 250 g/mol. The quantitative estimate of drug-likeness (QED) is 0.804. The van der Waals surface area contributed by atoms with Crippen molar-refractivity contribution in [2.45, 2.75) is 26.3 Å². The minimum Gasteiger partial charge on any atom is -0.395 e. The smallest absolute Gasteiger partial charge is 0.238 e. The van der Waals surface area contributed by atoms with Gasteiger partial charge in [-0.1, -0.05) is 19.1 Å². The molecular weight excluding hydrogens is 228 g/mol. The molecule has 4 heteroatoms. The van der Waals surface area contributed by atoms with Crippen molar-refractivity contribution in [1.82, 2.24) is 4.90 Å². The number of aliphatic hydroxyl groups is 1. The number of nitrogens with one attached hydrogen (secondary N) is 1. The van der Waals surface area contributed by atoms with E-state index in [2.05, 4.69) is 12.2 Å². The third-order valence-corrected chi connectivity index (χ3v) is 3.06. The Bertz CT molecular complexity index is 376. The zero-order valence-electron chi connectivity index (χ0n) is 11.3. The number of benzene rings is 1. The number of aliphatic hydroxyl groups excluding tert-OH is 1. The Morgan fingerprint density at radius 1 is 1.39 bits per heavy atom. The van der Waals surface area contributed by atoms with Gasteiger partial charge in [0, 0.05) is 11.7 Å². The van der Waals surface area contributed by atoms with Crippen molar-refractivity contribution < 1.29 is 9.90 Å². The summed E-state index contributed by atoms with van der Waals surface area (Å²) in [6.07, 6.45) is 0.991. The van der Waals surface area contributed by atoms with Gasteiger partial charge in [0.25, 0.3) is 0 Å². The lowest BCUT2D eigenvalue weighted by molar-refractivity contribution is -0.117. The van der Waals surface area contributed by atoms with Crippen molar-refractivity contribution in [2.75, 3.05) is 25.5 Å². The molecule has 1 aromatic carbocycles. The van der Waals surface area contributed by atoms with Crippen LogP contribution < -0.4 is 5.32 Å². The van der Waals surface area contributed by atoms with E-state index in [1.807, 2.05) is 43.1 Å². The summed E-state index contributed by atoms with van der Waals surface area (Å²) in [6, 6.07) is 7.82. The normalized spacial score (nSPS) is 12.5. The molecule has 18 heavy (non-hydrogen) atoms. The van der Waals surface area contributed by atoms with Gasteiger partial charge in [0.15, 0.2) is 0 Å². The first-order chi connectivity index (χ1) is 8.56. The number of hydrogen-bond donors (Lipinski definition) is 2. The van der Waals surface area contributed by atoms with Crippen LogP contribution in [0.15, 0.2) is 24.3 Å². The highest BCUT2D eigenvalue weighted by Gasteiger charge is 2.12. The highest BCUT2D eigenvalue weighted by Crippen LogP contribution is 2.10. The van der Waals surface area contributed by atoms with Gasteiger partial charge in [-0.25, -0.2) is 0 Å². The zero-order valence-corrected chi connectivity index (χ0v) is 11.3. The standard InChI is InChI=1S/C14H22N2O2/c1-4-12-5-7-13(8-6-12)15-14(18)9-16(3)11(2)10-17/h5-8,11,17H,4,9-10H2,1-3H3,(H,15,18). The first-order valence-electron chi connectivity index (χ1n) is 6.26. The van der Waals surface area contributed by atoms with Gasteiger partial charge >= 0.3 is 0 Å². The van der Waals surface area contributed by atoms with Crippen molar-refractivity contribution >= 4 is 11.6 Å². The SMILES string of the molecule is CCc1ccc(NC(=O)CN(C)C(C)CO)cc1. The van der Waals surface area contributed by atoms with Crippen molar-refractivity contribution in [1.29, 1.82) is 0 Å². The highest BCUT2D eigenvalue weighted by atomic mass is 16.3. The maximum Gasteiger partial charge on any atom is 0.238 e. The molecule has 0 fully saturated rings. The first kappa shape index (κ1) is 14.7. The average Bonchev–Trinajstić information content (AvgIpc) is 2.38. The van der Waals surface area contributed by atoms with Crippen molar-refractivity contribution in [3.63, 3.8) is 0 Å². The Labute approximate surface area is 109 Å². The lowest BCUT2D eigenvalue weighted by Crippen LogP contribution is -2.38. The summed E-state index contributed by atoms with van der Waals surface area (Å²) in [4.78, 5) is 13.6. The second kappa shape index (κ2) is 7.13. The molecule has 1 amide bonds. The lowest BCUT2D eigenvalue weighted by atomic mass is 10.1. The third kappa shape index (κ3) is 4.47. The van der Waals surface area contributed by atoms with E-state index in [4.69, 9.17) is 5.11 Å². The molecule has 0 saturated heterocycles. The van der Waals surface area contributed by atoms with Crippen LogP contribution in [-0.2, 0) is 11.2 Å². The third-order valence-electron chi connectivity index (χ3n) is 3.06. The van der Waals surface area contributed by atoms with Gasteiger partial charge in [-0.2, -0.15) is 0 Å². The van der Waals surface area contributed by atoms with Gasteiger partial charge in [0.05, 0.1) is 13.2 Å². The summed E-state index contributed by atoms with van der Waals surface area (Å²) < 4.78 is 0. The minimum absolute atomic E-state index is 0.0155. The van der Waals surface area contributed by atoms with E-state index in [0.29, 0.717) is 0 Å². The average molecular weight is 250 g/mol.